The van der Waals surface area contributed by atoms with Gasteiger partial charge in [-0.1, -0.05) is 19.1 Å². The van der Waals surface area contributed by atoms with Crippen molar-refractivity contribution in [3.63, 3.8) is 0 Å². The maximum atomic E-state index is 12.2. The minimum absolute atomic E-state index is 0.224. The fraction of sp³-hybridized carbons (Fsp3) is 0.600. The monoisotopic (exact) mass is 298 g/mol. The molecule has 1 atom stereocenters. The van der Waals surface area contributed by atoms with Crippen LogP contribution in [0.25, 0.3) is 0 Å². The van der Waals surface area contributed by atoms with E-state index in [0.29, 0.717) is 4.90 Å². The molecule has 1 unspecified atom stereocenters. The summed E-state index contributed by atoms with van der Waals surface area (Å²) >= 11 is 0. The molecular weight excluding hydrogens is 272 g/mol. The highest BCUT2D eigenvalue weighted by molar-refractivity contribution is 7.89. The second kappa shape index (κ2) is 6.70. The van der Waals surface area contributed by atoms with Crippen molar-refractivity contribution in [2.75, 3.05) is 6.54 Å². The third kappa shape index (κ3) is 5.23. The first-order valence-corrected chi connectivity index (χ1v) is 8.51. The maximum Gasteiger partial charge on any atom is 0.241 e. The van der Waals surface area contributed by atoms with E-state index in [-0.39, 0.29) is 6.04 Å². The van der Waals surface area contributed by atoms with Crippen molar-refractivity contribution in [3.05, 3.63) is 29.8 Å². The highest BCUT2D eigenvalue weighted by atomic mass is 32.2. The molecule has 0 aliphatic carbocycles. The molecule has 1 aromatic carbocycles. The lowest BCUT2D eigenvalue weighted by Crippen LogP contribution is -2.40. The Hall–Kier alpha value is -0.910. The maximum absolute atomic E-state index is 12.2. The molecule has 0 aromatic heterocycles. The van der Waals surface area contributed by atoms with Gasteiger partial charge in [0.2, 0.25) is 10.0 Å². The quantitative estimate of drug-likeness (QED) is 0.849. The number of nitrogens with one attached hydrogen (secondary N) is 2. The molecule has 0 aliphatic rings. The highest BCUT2D eigenvalue weighted by Crippen LogP contribution is 2.17. The van der Waals surface area contributed by atoms with Crippen molar-refractivity contribution in [1.82, 2.24) is 10.0 Å². The SMILES string of the molecule is CCCNC(C)c1ccc(S(=O)(=O)NC(C)(C)C)cc1. The van der Waals surface area contributed by atoms with Crippen LogP contribution in [0.4, 0.5) is 0 Å². The molecule has 0 saturated carbocycles. The van der Waals surface area contributed by atoms with Crippen LogP contribution in [-0.4, -0.2) is 20.5 Å². The molecule has 0 aliphatic heterocycles. The van der Waals surface area contributed by atoms with Gasteiger partial charge in [0.15, 0.2) is 0 Å². The van der Waals surface area contributed by atoms with Crippen LogP contribution in [0.15, 0.2) is 29.2 Å². The molecule has 0 bridgehead atoms. The van der Waals surface area contributed by atoms with Crippen LogP contribution < -0.4 is 10.0 Å². The second-order valence-corrected chi connectivity index (χ2v) is 7.78. The minimum atomic E-state index is -3.45. The van der Waals surface area contributed by atoms with E-state index >= 15 is 0 Å². The lowest BCUT2D eigenvalue weighted by atomic mass is 10.1. The molecule has 4 nitrogen and oxygen atoms in total. The summed E-state index contributed by atoms with van der Waals surface area (Å²) in [6.45, 7) is 10.6. The van der Waals surface area contributed by atoms with E-state index in [1.165, 1.54) is 0 Å². The summed E-state index contributed by atoms with van der Waals surface area (Å²) in [4.78, 5) is 0.305. The van der Waals surface area contributed by atoms with E-state index < -0.39 is 15.6 Å². The topological polar surface area (TPSA) is 58.2 Å². The van der Waals surface area contributed by atoms with Gasteiger partial charge in [0.25, 0.3) is 0 Å². The van der Waals surface area contributed by atoms with Crippen LogP contribution >= 0.6 is 0 Å². The van der Waals surface area contributed by atoms with Crippen LogP contribution in [0.3, 0.4) is 0 Å². The molecule has 1 rings (SSSR count). The standard InChI is InChI=1S/C15H26N2O2S/c1-6-11-16-12(2)13-7-9-14(10-8-13)20(18,19)17-15(3,4)5/h7-10,12,16-17H,6,11H2,1-5H3. The fourth-order valence-electron chi connectivity index (χ4n) is 1.88. The van der Waals surface area contributed by atoms with Crippen molar-refractivity contribution in [2.24, 2.45) is 0 Å². The third-order valence-electron chi connectivity index (χ3n) is 2.83. The van der Waals surface area contributed by atoms with Crippen molar-refractivity contribution < 1.29 is 8.42 Å². The number of sulfonamides is 1. The fourth-order valence-corrected chi connectivity index (χ4v) is 3.29. The molecule has 0 amide bonds. The minimum Gasteiger partial charge on any atom is -0.310 e. The summed E-state index contributed by atoms with van der Waals surface area (Å²) in [5.41, 5.74) is 0.612. The van der Waals surface area contributed by atoms with Crippen LogP contribution in [-0.2, 0) is 10.0 Å². The number of hydrogen-bond donors (Lipinski definition) is 2. The van der Waals surface area contributed by atoms with Gasteiger partial charge >= 0.3 is 0 Å². The molecule has 0 saturated heterocycles. The van der Waals surface area contributed by atoms with E-state index in [1.54, 1.807) is 12.1 Å². The highest BCUT2D eigenvalue weighted by Gasteiger charge is 2.21. The van der Waals surface area contributed by atoms with Gasteiger partial charge in [-0.25, -0.2) is 13.1 Å². The summed E-state index contributed by atoms with van der Waals surface area (Å²) in [6, 6.07) is 7.28. The van der Waals surface area contributed by atoms with Gasteiger partial charge < -0.3 is 5.32 Å². The van der Waals surface area contributed by atoms with Crippen molar-refractivity contribution >= 4 is 10.0 Å². The van der Waals surface area contributed by atoms with Crippen LogP contribution in [0, 0.1) is 0 Å². The van der Waals surface area contributed by atoms with Gasteiger partial charge in [-0.2, -0.15) is 0 Å². The number of hydrogen-bond acceptors (Lipinski definition) is 3. The van der Waals surface area contributed by atoms with Gasteiger partial charge in [-0.05, 0) is 58.4 Å². The van der Waals surface area contributed by atoms with Gasteiger partial charge in [0.1, 0.15) is 0 Å². The Labute approximate surface area is 123 Å². The molecule has 0 heterocycles. The van der Waals surface area contributed by atoms with E-state index in [0.717, 1.165) is 18.5 Å². The Kier molecular flexibility index (Phi) is 5.74. The van der Waals surface area contributed by atoms with Crippen LogP contribution in [0.5, 0.6) is 0 Å². The normalized spacial score (nSPS) is 14.2. The summed E-state index contributed by atoms with van der Waals surface area (Å²) in [6.07, 6.45) is 1.08. The molecule has 20 heavy (non-hydrogen) atoms. The Balaban J connectivity index is 2.86. The van der Waals surface area contributed by atoms with Gasteiger partial charge in [-0.3, -0.25) is 0 Å². The molecule has 0 radical (unpaired) electrons. The summed E-state index contributed by atoms with van der Waals surface area (Å²) in [5.74, 6) is 0. The molecular formula is C15H26N2O2S. The molecule has 0 fully saturated rings. The summed E-state index contributed by atoms with van der Waals surface area (Å²) in [5, 5.41) is 3.38. The Morgan fingerprint density at radius 3 is 2.15 bits per heavy atom. The van der Waals surface area contributed by atoms with Gasteiger partial charge in [-0.15, -0.1) is 0 Å². The number of benzene rings is 1. The van der Waals surface area contributed by atoms with E-state index in [4.69, 9.17) is 0 Å². The smallest absolute Gasteiger partial charge is 0.241 e. The Morgan fingerprint density at radius 1 is 1.15 bits per heavy atom. The molecule has 114 valence electrons. The van der Waals surface area contributed by atoms with E-state index in [1.807, 2.05) is 32.9 Å². The molecule has 0 spiro atoms. The molecule has 5 heteroatoms. The predicted molar refractivity (Wildman–Crippen MR) is 83.2 cm³/mol. The average molecular weight is 298 g/mol. The zero-order valence-electron chi connectivity index (χ0n) is 13.0. The first-order chi connectivity index (χ1) is 9.15. The van der Waals surface area contributed by atoms with Crippen molar-refractivity contribution in [2.45, 2.75) is 57.5 Å². The first kappa shape index (κ1) is 17.1. The summed E-state index contributed by atoms with van der Waals surface area (Å²) in [7, 11) is -3.45. The Bertz CT molecular complexity index is 516. The lowest BCUT2D eigenvalue weighted by molar-refractivity contribution is 0.491. The number of rotatable bonds is 6. The van der Waals surface area contributed by atoms with Crippen LogP contribution in [0.2, 0.25) is 0 Å². The van der Waals surface area contributed by atoms with Crippen molar-refractivity contribution in [3.8, 4) is 0 Å². The molecule has 2 N–H and O–H groups in total. The zero-order valence-corrected chi connectivity index (χ0v) is 13.8. The second-order valence-electron chi connectivity index (χ2n) is 6.10. The average Bonchev–Trinajstić information content (AvgIpc) is 2.33. The van der Waals surface area contributed by atoms with Crippen LogP contribution in [0.1, 0.15) is 52.6 Å². The summed E-state index contributed by atoms with van der Waals surface area (Å²) < 4.78 is 27.0. The lowest BCUT2D eigenvalue weighted by Gasteiger charge is -2.20. The third-order valence-corrected chi connectivity index (χ3v) is 4.61. The van der Waals surface area contributed by atoms with E-state index in [2.05, 4.69) is 23.9 Å². The van der Waals surface area contributed by atoms with Gasteiger partial charge in [0.05, 0.1) is 4.90 Å². The van der Waals surface area contributed by atoms with E-state index in [9.17, 15) is 8.42 Å². The first-order valence-electron chi connectivity index (χ1n) is 7.03. The van der Waals surface area contributed by atoms with Crippen molar-refractivity contribution in [1.29, 1.82) is 0 Å². The zero-order chi connectivity index (χ0) is 15.4. The molecule has 1 aromatic rings. The predicted octanol–water partition coefficient (Wildman–Crippen LogP) is 2.82. The largest absolute Gasteiger partial charge is 0.310 e. The van der Waals surface area contributed by atoms with Gasteiger partial charge in [0, 0.05) is 11.6 Å². The Morgan fingerprint density at radius 2 is 1.70 bits per heavy atom.